The second kappa shape index (κ2) is 6.41. The van der Waals surface area contributed by atoms with Crippen LogP contribution in [-0.4, -0.2) is 18.5 Å². The van der Waals surface area contributed by atoms with E-state index in [-0.39, 0.29) is 11.9 Å². The third kappa shape index (κ3) is 2.95. The van der Waals surface area contributed by atoms with Crippen LogP contribution in [0.4, 0.5) is 11.4 Å². The number of carbonyl (C=O) groups excluding carboxylic acids is 1. The number of benzene rings is 2. The van der Waals surface area contributed by atoms with Crippen LogP contribution in [-0.2, 0) is 11.2 Å². The Morgan fingerprint density at radius 2 is 1.91 bits per heavy atom. The van der Waals surface area contributed by atoms with Gasteiger partial charge >= 0.3 is 0 Å². The molecule has 2 aromatic rings. The van der Waals surface area contributed by atoms with Crippen LogP contribution < -0.4 is 10.2 Å². The number of nitrogens with one attached hydrogen (secondary N) is 1. The van der Waals surface area contributed by atoms with Gasteiger partial charge in [-0.25, -0.2) is 0 Å². The van der Waals surface area contributed by atoms with Gasteiger partial charge in [0.2, 0.25) is 5.91 Å². The van der Waals surface area contributed by atoms with Crippen LogP contribution in [0.15, 0.2) is 48.5 Å². The average molecular weight is 315 g/mol. The topological polar surface area (TPSA) is 32.3 Å². The van der Waals surface area contributed by atoms with Gasteiger partial charge in [0, 0.05) is 12.2 Å². The summed E-state index contributed by atoms with van der Waals surface area (Å²) in [5.74, 6) is -0.0372. The molecule has 1 aliphatic heterocycles. The molecule has 2 aromatic carbocycles. The quantitative estimate of drug-likeness (QED) is 0.924. The van der Waals surface area contributed by atoms with Crippen molar-refractivity contribution in [3.63, 3.8) is 0 Å². The first kappa shape index (κ1) is 14.9. The van der Waals surface area contributed by atoms with Crippen LogP contribution in [0.2, 0.25) is 5.02 Å². The number of nitrogens with zero attached hydrogens (tertiary/aromatic N) is 1. The van der Waals surface area contributed by atoms with Crippen molar-refractivity contribution in [3.05, 3.63) is 59.1 Å². The molecule has 1 unspecified atom stereocenters. The summed E-state index contributed by atoms with van der Waals surface area (Å²) in [5.41, 5.74) is 3.13. The van der Waals surface area contributed by atoms with Gasteiger partial charge in [-0.1, -0.05) is 41.9 Å². The van der Waals surface area contributed by atoms with E-state index in [1.807, 2.05) is 31.2 Å². The van der Waals surface area contributed by atoms with Crippen molar-refractivity contribution in [1.82, 2.24) is 0 Å². The van der Waals surface area contributed by atoms with E-state index in [9.17, 15) is 4.79 Å². The maximum Gasteiger partial charge on any atom is 0.246 e. The Kier molecular flexibility index (Phi) is 4.34. The predicted molar refractivity (Wildman–Crippen MR) is 91.7 cm³/mol. The van der Waals surface area contributed by atoms with E-state index in [0.717, 1.165) is 25.1 Å². The Morgan fingerprint density at radius 1 is 1.18 bits per heavy atom. The highest BCUT2D eigenvalue weighted by atomic mass is 35.5. The molecule has 22 heavy (non-hydrogen) atoms. The summed E-state index contributed by atoms with van der Waals surface area (Å²) < 4.78 is 0. The Morgan fingerprint density at radius 3 is 2.73 bits per heavy atom. The lowest BCUT2D eigenvalue weighted by molar-refractivity contribution is -0.117. The number of hydrogen-bond donors (Lipinski definition) is 1. The minimum Gasteiger partial charge on any atom is -0.360 e. The molecule has 1 atom stereocenters. The summed E-state index contributed by atoms with van der Waals surface area (Å²) in [6.45, 7) is 2.84. The Bertz CT molecular complexity index is 686. The molecule has 0 aliphatic carbocycles. The van der Waals surface area contributed by atoms with Crippen molar-refractivity contribution in [2.75, 3.05) is 16.8 Å². The third-order valence-corrected chi connectivity index (χ3v) is 4.45. The van der Waals surface area contributed by atoms with E-state index in [1.54, 1.807) is 6.07 Å². The summed E-state index contributed by atoms with van der Waals surface area (Å²) in [6.07, 6.45) is 2.15. The van der Waals surface area contributed by atoms with E-state index in [0.29, 0.717) is 10.7 Å². The monoisotopic (exact) mass is 314 g/mol. The van der Waals surface area contributed by atoms with E-state index < -0.39 is 0 Å². The van der Waals surface area contributed by atoms with E-state index in [4.69, 9.17) is 11.6 Å². The molecule has 4 heteroatoms. The van der Waals surface area contributed by atoms with Gasteiger partial charge in [0.1, 0.15) is 6.04 Å². The molecule has 1 heterocycles. The smallest absolute Gasteiger partial charge is 0.246 e. The van der Waals surface area contributed by atoms with Gasteiger partial charge in [0.15, 0.2) is 0 Å². The van der Waals surface area contributed by atoms with Gasteiger partial charge in [-0.15, -0.1) is 0 Å². The fourth-order valence-corrected chi connectivity index (χ4v) is 3.09. The minimum atomic E-state index is -0.238. The van der Waals surface area contributed by atoms with Gasteiger partial charge in [0.05, 0.1) is 10.7 Å². The fraction of sp³-hybridized carbons (Fsp3) is 0.278. The number of carbonyl (C=O) groups is 1. The van der Waals surface area contributed by atoms with Crippen LogP contribution in [0.3, 0.4) is 0 Å². The highest BCUT2D eigenvalue weighted by molar-refractivity contribution is 6.33. The van der Waals surface area contributed by atoms with Crippen LogP contribution >= 0.6 is 11.6 Å². The molecule has 0 spiro atoms. The molecule has 1 N–H and O–H groups in total. The number of para-hydroxylation sites is 2. The van der Waals surface area contributed by atoms with Crippen LogP contribution in [0.1, 0.15) is 18.9 Å². The maximum absolute atomic E-state index is 12.6. The first-order chi connectivity index (χ1) is 10.7. The molecule has 0 saturated carbocycles. The number of amides is 1. The highest BCUT2D eigenvalue weighted by Gasteiger charge is 2.26. The predicted octanol–water partition coefficient (Wildman–Crippen LogP) is 4.12. The van der Waals surface area contributed by atoms with Crippen molar-refractivity contribution >= 4 is 28.9 Å². The van der Waals surface area contributed by atoms with Gasteiger partial charge in [-0.05, 0) is 43.5 Å². The summed E-state index contributed by atoms with van der Waals surface area (Å²) in [5, 5.41) is 3.48. The molecular formula is C18H19ClN2O. The second-order valence-corrected chi connectivity index (χ2v) is 5.98. The average Bonchev–Trinajstić information content (AvgIpc) is 2.55. The largest absolute Gasteiger partial charge is 0.360 e. The second-order valence-electron chi connectivity index (χ2n) is 5.57. The first-order valence-corrected chi connectivity index (χ1v) is 7.94. The zero-order valence-electron chi connectivity index (χ0n) is 12.6. The number of hydrogen-bond acceptors (Lipinski definition) is 2. The van der Waals surface area contributed by atoms with Gasteiger partial charge in [-0.2, -0.15) is 0 Å². The standard InChI is InChI=1S/C18H19ClN2O/c1-13(18(22)20-16-10-4-3-9-15(16)19)21-12-6-8-14-7-2-5-11-17(14)21/h2-5,7,9-11,13H,6,8,12H2,1H3,(H,20,22). The lowest BCUT2D eigenvalue weighted by atomic mass is 10.00. The first-order valence-electron chi connectivity index (χ1n) is 7.57. The summed E-state index contributed by atoms with van der Waals surface area (Å²) >= 11 is 6.11. The summed E-state index contributed by atoms with van der Waals surface area (Å²) in [6, 6.07) is 15.4. The Hall–Kier alpha value is -2.00. The highest BCUT2D eigenvalue weighted by Crippen LogP contribution is 2.29. The van der Waals surface area contributed by atoms with Crippen LogP contribution in [0.25, 0.3) is 0 Å². The number of aryl methyl sites for hydroxylation is 1. The number of fused-ring (bicyclic) bond motifs is 1. The van der Waals surface area contributed by atoms with Gasteiger partial charge < -0.3 is 10.2 Å². The summed E-state index contributed by atoms with van der Waals surface area (Å²) in [4.78, 5) is 14.7. The molecule has 0 aromatic heterocycles. The van der Waals surface area contributed by atoms with Crippen molar-refractivity contribution in [3.8, 4) is 0 Å². The fourth-order valence-electron chi connectivity index (χ4n) is 2.91. The third-order valence-electron chi connectivity index (χ3n) is 4.12. The van der Waals surface area contributed by atoms with Crippen molar-refractivity contribution < 1.29 is 4.79 Å². The molecule has 1 amide bonds. The molecule has 1 aliphatic rings. The number of halogens is 1. The number of rotatable bonds is 3. The van der Waals surface area contributed by atoms with Crippen LogP contribution in [0.5, 0.6) is 0 Å². The Labute approximate surface area is 135 Å². The molecule has 0 saturated heterocycles. The van der Waals surface area contributed by atoms with Gasteiger partial charge in [-0.3, -0.25) is 4.79 Å². The molecule has 3 nitrogen and oxygen atoms in total. The lowest BCUT2D eigenvalue weighted by Gasteiger charge is -2.35. The van der Waals surface area contributed by atoms with Crippen molar-refractivity contribution in [2.45, 2.75) is 25.8 Å². The zero-order chi connectivity index (χ0) is 15.5. The molecule has 114 valence electrons. The molecular weight excluding hydrogens is 296 g/mol. The van der Waals surface area contributed by atoms with Gasteiger partial charge in [0.25, 0.3) is 0 Å². The normalized spacial score (nSPS) is 15.1. The van der Waals surface area contributed by atoms with E-state index in [1.165, 1.54) is 5.56 Å². The SMILES string of the molecule is CC(C(=O)Nc1ccccc1Cl)N1CCCc2ccccc21. The molecule has 0 fully saturated rings. The lowest BCUT2D eigenvalue weighted by Crippen LogP contribution is -2.44. The number of anilines is 2. The van der Waals surface area contributed by atoms with E-state index >= 15 is 0 Å². The summed E-state index contributed by atoms with van der Waals surface area (Å²) in [7, 11) is 0. The van der Waals surface area contributed by atoms with E-state index in [2.05, 4.69) is 28.4 Å². The van der Waals surface area contributed by atoms with Crippen molar-refractivity contribution in [2.24, 2.45) is 0 Å². The molecule has 0 bridgehead atoms. The van der Waals surface area contributed by atoms with Crippen LogP contribution in [0, 0.1) is 0 Å². The maximum atomic E-state index is 12.6. The minimum absolute atomic E-state index is 0.0372. The van der Waals surface area contributed by atoms with Crippen molar-refractivity contribution in [1.29, 1.82) is 0 Å². The Balaban J connectivity index is 1.78. The zero-order valence-corrected chi connectivity index (χ0v) is 13.3. The molecule has 3 rings (SSSR count). The molecule has 0 radical (unpaired) electrons.